The molecular formula is C77H81N5O5S. The van der Waals surface area contributed by atoms with Crippen LogP contribution in [0.5, 0.6) is 0 Å². The van der Waals surface area contributed by atoms with E-state index in [-0.39, 0.29) is 47.3 Å². The number of ketones is 4. The molecule has 9 aromatic carbocycles. The highest BCUT2D eigenvalue weighted by atomic mass is 32.1. The molecule has 4 atom stereocenters. The first-order valence-electron chi connectivity index (χ1n) is 30.0. The molecule has 11 aromatic rings. The van der Waals surface area contributed by atoms with Crippen molar-refractivity contribution in [1.29, 1.82) is 0 Å². The maximum Gasteiger partial charge on any atom is 0.147 e. The number of carbonyl (C=O) groups excluding carboxylic acids is 4. The van der Waals surface area contributed by atoms with Gasteiger partial charge in [-0.2, -0.15) is 0 Å². The number of thiophene rings is 1. The standard InChI is InChI=1S/2C21H21NO.C19H19NOS.C16H20N2O2/c1-15(23)21(22-2)14-16-10-12-18(13-11-16)20-9-5-7-17-6-3-4-8-19(17)20;1-15(23)21(22-2)13-16-7-9-18(10-8-16)20-12-11-17-5-3-4-6-19(17)14-20;1-13(21)17(20-2)11-14-7-9-15(10-8-14)19-12-16-5-3-4-6-18(16)22-19;1-10-16(12(3)20-18-10)14-7-5-13(6-8-14)9-15(17-4)11(2)19/h3-13,21-22H,14H2,1-2H3;3-12,14,21-22H,13H2,1-2H3;3-10,12,17,20H,11H2,1-2H3;5-8,15,17H,9H2,1-4H3/t2*21-;17-;15-/m0000/s1. The average molecular weight is 1190 g/mol. The van der Waals surface area contributed by atoms with E-state index in [4.69, 9.17) is 4.52 Å². The van der Waals surface area contributed by atoms with Crippen LogP contribution in [-0.4, -0.2) is 80.6 Å². The molecule has 0 spiro atoms. The lowest BCUT2D eigenvalue weighted by atomic mass is 9.96. The Morgan fingerprint density at radius 2 is 0.795 bits per heavy atom. The molecule has 0 aliphatic rings. The van der Waals surface area contributed by atoms with E-state index in [2.05, 4.69) is 239 Å². The quantitative estimate of drug-likeness (QED) is 0.0583. The molecule has 10 nitrogen and oxygen atoms in total. The van der Waals surface area contributed by atoms with Gasteiger partial charge in [0.15, 0.2) is 0 Å². The number of carbonyl (C=O) groups is 4. The van der Waals surface area contributed by atoms with E-state index >= 15 is 0 Å². The topological polar surface area (TPSA) is 142 Å². The third kappa shape index (κ3) is 17.5. The van der Waals surface area contributed by atoms with Gasteiger partial charge in [0.05, 0.1) is 29.9 Å². The van der Waals surface area contributed by atoms with Gasteiger partial charge in [-0.3, -0.25) is 19.2 Å². The maximum absolute atomic E-state index is 11.6. The number of aryl methyl sites for hydroxylation is 2. The van der Waals surface area contributed by atoms with Gasteiger partial charge in [0, 0.05) is 15.1 Å². The molecule has 0 unspecified atom stereocenters. The molecule has 2 aromatic heterocycles. The van der Waals surface area contributed by atoms with Crippen LogP contribution < -0.4 is 21.3 Å². The van der Waals surface area contributed by atoms with Crippen molar-refractivity contribution in [3.05, 3.63) is 246 Å². The number of hydrogen-bond donors (Lipinski definition) is 4. The molecule has 0 saturated carbocycles. The summed E-state index contributed by atoms with van der Waals surface area (Å²) in [5.74, 6) is 1.50. The van der Waals surface area contributed by atoms with Crippen LogP contribution >= 0.6 is 11.3 Å². The van der Waals surface area contributed by atoms with Gasteiger partial charge in [-0.25, -0.2) is 0 Å². The van der Waals surface area contributed by atoms with Gasteiger partial charge < -0.3 is 25.8 Å². The van der Waals surface area contributed by atoms with Crippen molar-refractivity contribution in [2.45, 2.75) is 91.4 Å². The second-order valence-electron chi connectivity index (χ2n) is 22.3. The van der Waals surface area contributed by atoms with E-state index in [1.807, 2.05) is 53.4 Å². The van der Waals surface area contributed by atoms with Gasteiger partial charge in [0.25, 0.3) is 0 Å². The lowest BCUT2D eigenvalue weighted by Crippen LogP contribution is -2.34. The summed E-state index contributed by atoms with van der Waals surface area (Å²) in [6, 6.07) is 73.7. The highest BCUT2D eigenvalue weighted by Crippen LogP contribution is 2.34. The summed E-state index contributed by atoms with van der Waals surface area (Å²) in [5, 5.41) is 22.5. The molecular weight excluding hydrogens is 1110 g/mol. The smallest absolute Gasteiger partial charge is 0.147 e. The predicted octanol–water partition coefficient (Wildman–Crippen LogP) is 15.4. The van der Waals surface area contributed by atoms with Crippen LogP contribution in [0.25, 0.3) is 75.5 Å². The Hall–Kier alpha value is -8.81. The number of benzene rings is 9. The summed E-state index contributed by atoms with van der Waals surface area (Å²) in [6.07, 6.45) is 2.89. The summed E-state index contributed by atoms with van der Waals surface area (Å²) >= 11 is 1.81. The summed E-state index contributed by atoms with van der Waals surface area (Å²) in [4.78, 5) is 47.3. The van der Waals surface area contributed by atoms with E-state index in [1.54, 1.807) is 27.7 Å². The Morgan fingerprint density at radius 1 is 0.398 bits per heavy atom. The Bertz CT molecular complexity index is 4030. The lowest BCUT2D eigenvalue weighted by molar-refractivity contribution is -0.119. The second kappa shape index (κ2) is 31.7. The number of aromatic nitrogens is 1. The van der Waals surface area contributed by atoms with Crippen LogP contribution in [0.2, 0.25) is 0 Å². The van der Waals surface area contributed by atoms with Crippen LogP contribution in [0.4, 0.5) is 0 Å². The molecule has 88 heavy (non-hydrogen) atoms. The number of rotatable bonds is 20. The molecule has 2 heterocycles. The largest absolute Gasteiger partial charge is 0.361 e. The van der Waals surface area contributed by atoms with E-state index < -0.39 is 0 Å². The molecule has 450 valence electrons. The maximum atomic E-state index is 11.6. The third-order valence-corrected chi connectivity index (χ3v) is 17.3. The molecule has 11 rings (SSSR count). The van der Waals surface area contributed by atoms with Crippen LogP contribution in [0, 0.1) is 13.8 Å². The van der Waals surface area contributed by atoms with Gasteiger partial charge in [-0.05, 0) is 196 Å². The Kier molecular flexibility index (Phi) is 23.5. The predicted molar refractivity (Wildman–Crippen MR) is 366 cm³/mol. The molecule has 0 fully saturated rings. The van der Waals surface area contributed by atoms with E-state index in [0.29, 0.717) is 6.42 Å². The van der Waals surface area contributed by atoms with Crippen molar-refractivity contribution in [2.75, 3.05) is 28.2 Å². The summed E-state index contributed by atoms with van der Waals surface area (Å²) in [7, 11) is 7.30. The van der Waals surface area contributed by atoms with E-state index in [1.165, 1.54) is 81.0 Å². The van der Waals surface area contributed by atoms with Crippen molar-refractivity contribution in [2.24, 2.45) is 0 Å². The van der Waals surface area contributed by atoms with Crippen LogP contribution in [-0.2, 0) is 44.9 Å². The Balaban J connectivity index is 0.000000152. The molecule has 0 saturated heterocycles. The van der Waals surface area contributed by atoms with Crippen molar-refractivity contribution in [3.63, 3.8) is 0 Å². The number of likely N-dealkylation sites (N-methyl/N-ethyl adjacent to an activating group) is 4. The van der Waals surface area contributed by atoms with Gasteiger partial charge in [-0.15, -0.1) is 11.3 Å². The van der Waals surface area contributed by atoms with Crippen molar-refractivity contribution in [1.82, 2.24) is 26.4 Å². The fraction of sp³-hybridized carbons (Fsp3) is 0.234. The minimum absolute atomic E-state index is 0.102. The summed E-state index contributed by atoms with van der Waals surface area (Å²) in [5.41, 5.74) is 13.8. The zero-order valence-electron chi connectivity index (χ0n) is 52.2. The van der Waals surface area contributed by atoms with Crippen molar-refractivity contribution >= 4 is 66.1 Å². The van der Waals surface area contributed by atoms with E-state index in [9.17, 15) is 19.2 Å². The molecule has 0 aliphatic carbocycles. The summed E-state index contributed by atoms with van der Waals surface area (Å²) in [6.45, 7) is 10.4. The molecule has 0 aliphatic heterocycles. The van der Waals surface area contributed by atoms with Crippen LogP contribution in [0.15, 0.2) is 217 Å². The first-order chi connectivity index (χ1) is 42.5. The number of nitrogens with zero attached hydrogens (tertiary/aromatic N) is 1. The fourth-order valence-electron chi connectivity index (χ4n) is 10.9. The Morgan fingerprint density at radius 3 is 1.25 bits per heavy atom. The van der Waals surface area contributed by atoms with Crippen LogP contribution in [0.1, 0.15) is 61.4 Å². The lowest BCUT2D eigenvalue weighted by Gasteiger charge is -2.13. The minimum atomic E-state index is -0.125. The number of fused-ring (bicyclic) bond motifs is 3. The Labute approximate surface area is 522 Å². The molecule has 0 bridgehead atoms. The first kappa shape index (κ1) is 65.2. The third-order valence-electron chi connectivity index (χ3n) is 16.1. The van der Waals surface area contributed by atoms with E-state index in [0.717, 1.165) is 47.4 Å². The highest BCUT2D eigenvalue weighted by Gasteiger charge is 2.17. The van der Waals surface area contributed by atoms with Gasteiger partial charge in [-0.1, -0.05) is 199 Å². The molecule has 11 heteroatoms. The molecule has 4 N–H and O–H groups in total. The molecule has 0 amide bonds. The highest BCUT2D eigenvalue weighted by molar-refractivity contribution is 7.22. The number of hydrogen-bond acceptors (Lipinski definition) is 11. The summed E-state index contributed by atoms with van der Waals surface area (Å²) < 4.78 is 6.50. The fourth-order valence-corrected chi connectivity index (χ4v) is 11.9. The molecule has 0 radical (unpaired) electrons. The second-order valence-corrected chi connectivity index (χ2v) is 23.4. The number of Topliss-reactive ketones (excluding diaryl/α,β-unsaturated/α-hetero) is 4. The number of nitrogens with one attached hydrogen (secondary N) is 4. The van der Waals surface area contributed by atoms with Crippen molar-refractivity contribution in [3.8, 4) is 43.8 Å². The minimum Gasteiger partial charge on any atom is -0.361 e. The van der Waals surface area contributed by atoms with Crippen molar-refractivity contribution < 1.29 is 23.7 Å². The average Bonchev–Trinajstić information content (AvgIpc) is 4.38. The SMILES string of the molecule is CN[C@@H](Cc1ccc(-c2c(C)noc2C)cc1)C(C)=O.CN[C@@H](Cc1ccc(-c2cc3ccccc3s2)cc1)C(C)=O.CN[C@@H](Cc1ccc(-c2ccc3ccccc3c2)cc1)C(C)=O.CN[C@@H](Cc1ccc(-c2cccc3ccccc23)cc1)C(C)=O. The first-order valence-corrected chi connectivity index (χ1v) is 30.8. The monoisotopic (exact) mass is 1190 g/mol. The zero-order chi connectivity index (χ0) is 62.7. The van der Waals surface area contributed by atoms with Gasteiger partial charge in [0.1, 0.15) is 28.9 Å². The van der Waals surface area contributed by atoms with Gasteiger partial charge in [0.2, 0.25) is 0 Å². The van der Waals surface area contributed by atoms with Crippen LogP contribution in [0.3, 0.4) is 0 Å². The normalized spacial score (nSPS) is 12.3. The zero-order valence-corrected chi connectivity index (χ0v) is 53.1. The van der Waals surface area contributed by atoms with Gasteiger partial charge >= 0.3 is 0 Å².